The van der Waals surface area contributed by atoms with Gasteiger partial charge in [-0.2, -0.15) is 0 Å². The Hall–Kier alpha value is -0.940. The molecule has 2 saturated carbocycles. The van der Waals surface area contributed by atoms with Crippen LogP contribution < -0.4 is 0 Å². The van der Waals surface area contributed by atoms with Crippen LogP contribution in [0.25, 0.3) is 0 Å². The number of ether oxygens (including phenoxy) is 1. The largest absolute Gasteiger partial charge is 0.389 e. The molecule has 28 heavy (non-hydrogen) atoms. The van der Waals surface area contributed by atoms with Crippen molar-refractivity contribution in [2.24, 2.45) is 16.7 Å². The average Bonchev–Trinajstić information content (AvgIpc) is 3.15. The highest BCUT2D eigenvalue weighted by Crippen LogP contribution is 2.63. The smallest absolute Gasteiger partial charge is 0.0900 e. The lowest BCUT2D eigenvalue weighted by Gasteiger charge is -2.43. The number of rotatable bonds is 7. The molecule has 1 N–H and O–H groups in total. The Morgan fingerprint density at radius 2 is 1.75 bits per heavy atom. The van der Waals surface area contributed by atoms with E-state index >= 15 is 0 Å². The number of β-amino-alcohol motifs (C(OH)–C–C–N with tert-alkyl or cyclic N) is 1. The maximum absolute atomic E-state index is 10.6. The molecule has 4 atom stereocenters. The molecule has 4 unspecified atom stereocenters. The van der Waals surface area contributed by atoms with E-state index in [9.17, 15) is 5.11 Å². The summed E-state index contributed by atoms with van der Waals surface area (Å²) in [5, 5.41) is 10.6. The fourth-order valence-corrected chi connectivity index (χ4v) is 6.20. The zero-order chi connectivity index (χ0) is 19.8. The van der Waals surface area contributed by atoms with Crippen molar-refractivity contribution in [2.75, 3.05) is 39.3 Å². The maximum atomic E-state index is 10.6. The van der Waals surface area contributed by atoms with Crippen LogP contribution in [0.3, 0.4) is 0 Å². The standard InChI is InChI=1S/C24H38N2O2/c1-23(2)20-9-10-24(3,15-20)22(23)28-18-21(27)17-26-13-11-25(12-14-26)16-19-7-5-4-6-8-19/h4-8,20-22,27H,9-18H2,1-3H3. The molecule has 156 valence electrons. The first-order chi connectivity index (χ1) is 13.4. The predicted octanol–water partition coefficient (Wildman–Crippen LogP) is 3.40. The van der Waals surface area contributed by atoms with E-state index in [-0.39, 0.29) is 17.6 Å². The van der Waals surface area contributed by atoms with E-state index in [2.05, 4.69) is 60.9 Å². The van der Waals surface area contributed by atoms with Gasteiger partial charge >= 0.3 is 0 Å². The normalized spacial score (nSPS) is 34.0. The van der Waals surface area contributed by atoms with Gasteiger partial charge in [0, 0.05) is 39.3 Å². The summed E-state index contributed by atoms with van der Waals surface area (Å²) >= 11 is 0. The molecule has 2 bridgehead atoms. The van der Waals surface area contributed by atoms with Gasteiger partial charge in [-0.05, 0) is 41.6 Å². The van der Waals surface area contributed by atoms with Crippen LogP contribution in [0.2, 0.25) is 0 Å². The van der Waals surface area contributed by atoms with Crippen LogP contribution in [0.15, 0.2) is 30.3 Å². The van der Waals surface area contributed by atoms with Crippen molar-refractivity contribution < 1.29 is 9.84 Å². The monoisotopic (exact) mass is 386 g/mol. The third-order valence-corrected chi connectivity index (χ3v) is 7.78. The van der Waals surface area contributed by atoms with Gasteiger partial charge in [0.2, 0.25) is 0 Å². The number of aliphatic hydroxyl groups excluding tert-OH is 1. The summed E-state index contributed by atoms with van der Waals surface area (Å²) in [6, 6.07) is 10.7. The molecule has 1 aromatic carbocycles. The van der Waals surface area contributed by atoms with Gasteiger partial charge in [0.05, 0.1) is 18.8 Å². The van der Waals surface area contributed by atoms with Crippen LogP contribution in [0, 0.1) is 16.7 Å². The number of aliphatic hydroxyl groups is 1. The van der Waals surface area contributed by atoms with Gasteiger partial charge in [-0.25, -0.2) is 0 Å². The molecule has 1 saturated heterocycles. The van der Waals surface area contributed by atoms with Gasteiger partial charge in [0.25, 0.3) is 0 Å². The van der Waals surface area contributed by atoms with Gasteiger partial charge in [0.15, 0.2) is 0 Å². The third kappa shape index (κ3) is 4.16. The predicted molar refractivity (Wildman–Crippen MR) is 113 cm³/mol. The number of benzene rings is 1. The van der Waals surface area contributed by atoms with Crippen LogP contribution in [-0.2, 0) is 11.3 Å². The zero-order valence-electron chi connectivity index (χ0n) is 17.9. The third-order valence-electron chi connectivity index (χ3n) is 7.78. The Morgan fingerprint density at radius 1 is 1.07 bits per heavy atom. The Kier molecular flexibility index (Phi) is 5.85. The highest BCUT2D eigenvalue weighted by molar-refractivity contribution is 5.14. The zero-order valence-corrected chi connectivity index (χ0v) is 17.9. The molecule has 1 aromatic rings. The minimum Gasteiger partial charge on any atom is -0.389 e. The molecule has 3 aliphatic rings. The highest BCUT2D eigenvalue weighted by atomic mass is 16.5. The van der Waals surface area contributed by atoms with Crippen LogP contribution >= 0.6 is 0 Å². The minimum atomic E-state index is -0.390. The second-order valence-electron chi connectivity index (χ2n) is 10.3. The molecule has 0 aromatic heterocycles. The molecule has 4 heteroatoms. The molecule has 3 fully saturated rings. The Balaban J connectivity index is 1.20. The second-order valence-corrected chi connectivity index (χ2v) is 10.3. The van der Waals surface area contributed by atoms with E-state index in [4.69, 9.17) is 4.74 Å². The van der Waals surface area contributed by atoms with Crippen molar-refractivity contribution in [3.8, 4) is 0 Å². The summed E-state index contributed by atoms with van der Waals surface area (Å²) in [5.41, 5.74) is 1.94. The first-order valence-corrected chi connectivity index (χ1v) is 11.2. The highest BCUT2D eigenvalue weighted by Gasteiger charge is 2.60. The van der Waals surface area contributed by atoms with E-state index in [0.29, 0.717) is 12.0 Å². The molecular formula is C24H38N2O2. The van der Waals surface area contributed by atoms with Crippen molar-refractivity contribution in [3.05, 3.63) is 35.9 Å². The second kappa shape index (κ2) is 8.06. The van der Waals surface area contributed by atoms with E-state index in [1.54, 1.807) is 0 Å². The van der Waals surface area contributed by atoms with Crippen LogP contribution in [0.4, 0.5) is 0 Å². The SMILES string of the molecule is CC12CCC(C1)C(C)(C)C2OCC(O)CN1CCN(Cc2ccccc2)CC1. The molecule has 2 aliphatic carbocycles. The number of hydrogen-bond donors (Lipinski definition) is 1. The van der Waals surface area contributed by atoms with Gasteiger partial charge in [0.1, 0.15) is 0 Å². The number of nitrogens with zero attached hydrogens (tertiary/aromatic N) is 2. The summed E-state index contributed by atoms with van der Waals surface area (Å²) in [7, 11) is 0. The lowest BCUT2D eigenvalue weighted by atomic mass is 9.70. The molecule has 0 radical (unpaired) electrons. The Labute approximate surface area is 170 Å². The molecule has 4 rings (SSSR count). The minimum absolute atomic E-state index is 0.246. The summed E-state index contributed by atoms with van der Waals surface area (Å²) in [4.78, 5) is 4.90. The maximum Gasteiger partial charge on any atom is 0.0900 e. The first kappa shape index (κ1) is 20.3. The summed E-state index contributed by atoms with van der Waals surface area (Å²) in [6.45, 7) is 13.5. The van der Waals surface area contributed by atoms with Gasteiger partial charge in [-0.15, -0.1) is 0 Å². The van der Waals surface area contributed by atoms with E-state index in [1.807, 2.05) is 0 Å². The lowest BCUT2D eigenvalue weighted by molar-refractivity contribution is -0.114. The lowest BCUT2D eigenvalue weighted by Crippen LogP contribution is -2.49. The first-order valence-electron chi connectivity index (χ1n) is 11.2. The van der Waals surface area contributed by atoms with Crippen LogP contribution in [-0.4, -0.2) is 66.4 Å². The number of piperazine rings is 1. The molecule has 0 spiro atoms. The molecule has 1 aliphatic heterocycles. The van der Waals surface area contributed by atoms with Gasteiger partial charge < -0.3 is 9.84 Å². The summed E-state index contributed by atoms with van der Waals surface area (Å²) in [5.74, 6) is 0.789. The van der Waals surface area contributed by atoms with Crippen molar-refractivity contribution in [2.45, 2.75) is 58.8 Å². The molecule has 0 amide bonds. The topological polar surface area (TPSA) is 35.9 Å². The van der Waals surface area contributed by atoms with Crippen molar-refractivity contribution in [1.29, 1.82) is 0 Å². The summed E-state index contributed by atoms with van der Waals surface area (Å²) < 4.78 is 6.37. The van der Waals surface area contributed by atoms with E-state index < -0.39 is 0 Å². The van der Waals surface area contributed by atoms with Gasteiger partial charge in [-0.1, -0.05) is 51.1 Å². The van der Waals surface area contributed by atoms with E-state index in [1.165, 1.54) is 24.8 Å². The van der Waals surface area contributed by atoms with Crippen LogP contribution in [0.1, 0.15) is 45.6 Å². The molecule has 1 heterocycles. The Bertz CT molecular complexity index is 637. The Morgan fingerprint density at radius 3 is 2.39 bits per heavy atom. The number of hydrogen-bond acceptors (Lipinski definition) is 4. The summed E-state index contributed by atoms with van der Waals surface area (Å²) in [6.07, 6.45) is 3.82. The fraction of sp³-hybridized carbons (Fsp3) is 0.750. The number of fused-ring (bicyclic) bond motifs is 2. The van der Waals surface area contributed by atoms with E-state index in [0.717, 1.165) is 45.2 Å². The van der Waals surface area contributed by atoms with Crippen molar-refractivity contribution >= 4 is 0 Å². The average molecular weight is 387 g/mol. The van der Waals surface area contributed by atoms with Crippen molar-refractivity contribution in [1.82, 2.24) is 9.80 Å². The van der Waals surface area contributed by atoms with Crippen molar-refractivity contribution in [3.63, 3.8) is 0 Å². The fourth-order valence-electron chi connectivity index (χ4n) is 6.20. The quantitative estimate of drug-likeness (QED) is 0.779. The van der Waals surface area contributed by atoms with Gasteiger partial charge in [-0.3, -0.25) is 9.80 Å². The van der Waals surface area contributed by atoms with Crippen LogP contribution in [0.5, 0.6) is 0 Å². The molecular weight excluding hydrogens is 348 g/mol. The molecule has 4 nitrogen and oxygen atoms in total.